The number of nitrogens with zero attached hydrogens (tertiary/aromatic N) is 1. The van der Waals surface area contributed by atoms with Crippen molar-refractivity contribution in [2.24, 2.45) is 0 Å². The quantitative estimate of drug-likeness (QED) is 0.635. The molecule has 28 heavy (non-hydrogen) atoms. The number of benzene rings is 2. The number of aromatic hydroxyl groups is 1. The Labute approximate surface area is 166 Å². The molecule has 0 unspecified atom stereocenters. The highest BCUT2D eigenvalue weighted by Crippen LogP contribution is 2.37. The fraction of sp³-hybridized carbons (Fsp3) is 0.238. The molecule has 7 heteroatoms. The second kappa shape index (κ2) is 7.64. The summed E-state index contributed by atoms with van der Waals surface area (Å²) in [5, 5.41) is 10.3. The van der Waals surface area contributed by atoms with Gasteiger partial charge in [0.2, 0.25) is 0 Å². The maximum Gasteiger partial charge on any atom is 0.313 e. The van der Waals surface area contributed by atoms with Crippen molar-refractivity contribution in [3.8, 4) is 5.75 Å². The van der Waals surface area contributed by atoms with Gasteiger partial charge in [0.05, 0.1) is 18.0 Å². The van der Waals surface area contributed by atoms with Crippen molar-refractivity contribution in [1.29, 1.82) is 0 Å². The van der Waals surface area contributed by atoms with Crippen LogP contribution in [0.25, 0.3) is 10.9 Å². The molecule has 0 fully saturated rings. The summed E-state index contributed by atoms with van der Waals surface area (Å²) in [6.07, 6.45) is 0. The van der Waals surface area contributed by atoms with Crippen molar-refractivity contribution in [1.82, 2.24) is 4.57 Å². The molecule has 0 saturated heterocycles. The molecule has 1 N–H and O–H groups in total. The number of halogens is 2. The average molecular weight is 404 g/mol. The molecule has 0 aliphatic heterocycles. The van der Waals surface area contributed by atoms with Crippen molar-refractivity contribution < 1.29 is 23.8 Å². The molecule has 0 saturated carbocycles. The van der Waals surface area contributed by atoms with Gasteiger partial charge in [-0.25, -0.2) is 4.39 Å². The van der Waals surface area contributed by atoms with Crippen molar-refractivity contribution in [3.63, 3.8) is 0 Å². The molecule has 0 amide bonds. The Balaban J connectivity index is 2.30. The van der Waals surface area contributed by atoms with E-state index in [1.807, 2.05) is 0 Å². The zero-order valence-corrected chi connectivity index (χ0v) is 16.4. The standard InChI is InChI=1S/C21H19ClFNO4/c1-4-28-21(27)11(2)17-12(3)24(15-8-9-16(25)19(23)18(15)17)20(26)13-6-5-7-14(22)10-13/h5-11,25H,4H2,1-3H3/t11-/m0/s1. The number of hydrogen-bond donors (Lipinski definition) is 1. The number of carbonyl (C=O) groups excluding carboxylic acids is 2. The van der Waals surface area contributed by atoms with Gasteiger partial charge in [-0.2, -0.15) is 0 Å². The maximum atomic E-state index is 14.8. The van der Waals surface area contributed by atoms with Gasteiger partial charge in [-0.1, -0.05) is 17.7 Å². The van der Waals surface area contributed by atoms with Gasteiger partial charge in [-0.3, -0.25) is 14.2 Å². The Morgan fingerprint density at radius 2 is 2.00 bits per heavy atom. The smallest absolute Gasteiger partial charge is 0.313 e. The minimum Gasteiger partial charge on any atom is -0.505 e. The molecular weight excluding hydrogens is 385 g/mol. The number of carbonyl (C=O) groups is 2. The zero-order chi connectivity index (χ0) is 20.6. The van der Waals surface area contributed by atoms with E-state index in [4.69, 9.17) is 16.3 Å². The zero-order valence-electron chi connectivity index (χ0n) is 15.6. The number of ether oxygens (including phenoxy) is 1. The van der Waals surface area contributed by atoms with E-state index < -0.39 is 29.4 Å². The first-order valence-corrected chi connectivity index (χ1v) is 9.15. The third-order valence-corrected chi connectivity index (χ3v) is 4.92. The monoisotopic (exact) mass is 403 g/mol. The molecule has 146 valence electrons. The molecule has 3 aromatic rings. The van der Waals surface area contributed by atoms with Gasteiger partial charge >= 0.3 is 5.97 Å². The summed E-state index contributed by atoms with van der Waals surface area (Å²) in [5.41, 5.74) is 1.27. The lowest BCUT2D eigenvalue weighted by atomic mass is 9.97. The van der Waals surface area contributed by atoms with Crippen molar-refractivity contribution in [2.45, 2.75) is 26.7 Å². The average Bonchev–Trinajstić information content (AvgIpc) is 2.96. The van der Waals surface area contributed by atoms with E-state index in [9.17, 15) is 19.1 Å². The lowest BCUT2D eigenvalue weighted by Crippen LogP contribution is -2.16. The second-order valence-corrected chi connectivity index (χ2v) is 6.85. The number of phenols is 1. The first-order valence-electron chi connectivity index (χ1n) is 8.77. The highest BCUT2D eigenvalue weighted by atomic mass is 35.5. The topological polar surface area (TPSA) is 68.5 Å². The first kappa shape index (κ1) is 19.9. The summed E-state index contributed by atoms with van der Waals surface area (Å²) < 4.78 is 21.2. The van der Waals surface area contributed by atoms with Crippen LogP contribution in [0.2, 0.25) is 5.02 Å². The summed E-state index contributed by atoms with van der Waals surface area (Å²) in [4.78, 5) is 25.5. The van der Waals surface area contributed by atoms with Crippen LogP contribution >= 0.6 is 11.6 Å². The predicted octanol–water partition coefficient (Wildman–Crippen LogP) is 4.80. The van der Waals surface area contributed by atoms with Crippen LogP contribution < -0.4 is 0 Å². The number of fused-ring (bicyclic) bond motifs is 1. The van der Waals surface area contributed by atoms with Crippen LogP contribution in [0.5, 0.6) is 5.75 Å². The number of phenolic OH excluding ortho intramolecular Hbond substituents is 1. The van der Waals surface area contributed by atoms with Crippen LogP contribution in [-0.4, -0.2) is 28.2 Å². The van der Waals surface area contributed by atoms with E-state index in [0.29, 0.717) is 21.8 Å². The lowest BCUT2D eigenvalue weighted by molar-refractivity contribution is -0.144. The molecule has 5 nitrogen and oxygen atoms in total. The van der Waals surface area contributed by atoms with Crippen molar-refractivity contribution in [2.75, 3.05) is 6.61 Å². The molecule has 0 aliphatic rings. The lowest BCUT2D eigenvalue weighted by Gasteiger charge is -2.12. The highest BCUT2D eigenvalue weighted by Gasteiger charge is 2.30. The van der Waals surface area contributed by atoms with Gasteiger partial charge in [0.1, 0.15) is 0 Å². The Hall–Kier alpha value is -2.86. The summed E-state index contributed by atoms with van der Waals surface area (Å²) in [5.74, 6) is -3.23. The van der Waals surface area contributed by atoms with Crippen LogP contribution in [0, 0.1) is 12.7 Å². The minimum atomic E-state index is -0.885. The Bertz CT molecular complexity index is 1090. The molecule has 0 bridgehead atoms. The molecule has 0 aliphatic carbocycles. The normalized spacial score (nSPS) is 12.2. The second-order valence-electron chi connectivity index (χ2n) is 6.42. The Morgan fingerprint density at radius 1 is 1.29 bits per heavy atom. The van der Waals surface area contributed by atoms with Crippen LogP contribution in [0.4, 0.5) is 4.39 Å². The van der Waals surface area contributed by atoms with E-state index in [1.165, 1.54) is 22.8 Å². The molecule has 0 spiro atoms. The molecule has 1 atom stereocenters. The SMILES string of the molecule is CCOC(=O)[C@@H](C)c1c(C)n(C(=O)c2cccc(Cl)c2)c2ccc(O)c(F)c12. The molecule has 1 heterocycles. The largest absolute Gasteiger partial charge is 0.505 e. The number of esters is 1. The third kappa shape index (κ3) is 3.24. The van der Waals surface area contributed by atoms with Crippen molar-refractivity contribution in [3.05, 3.63) is 64.1 Å². The van der Waals surface area contributed by atoms with Gasteiger partial charge in [0, 0.05) is 21.7 Å². The summed E-state index contributed by atoms with van der Waals surface area (Å²) in [6.45, 7) is 5.06. The van der Waals surface area contributed by atoms with E-state index in [0.717, 1.165) is 0 Å². The van der Waals surface area contributed by atoms with E-state index in [-0.39, 0.29) is 17.5 Å². The Morgan fingerprint density at radius 3 is 2.64 bits per heavy atom. The number of hydrogen-bond acceptors (Lipinski definition) is 4. The predicted molar refractivity (Wildman–Crippen MR) is 105 cm³/mol. The van der Waals surface area contributed by atoms with Gasteiger partial charge < -0.3 is 9.84 Å². The summed E-state index contributed by atoms with van der Waals surface area (Å²) in [6, 6.07) is 9.03. The van der Waals surface area contributed by atoms with Gasteiger partial charge in [0.15, 0.2) is 11.6 Å². The summed E-state index contributed by atoms with van der Waals surface area (Å²) >= 11 is 6.00. The molecule has 1 aromatic heterocycles. The van der Waals surface area contributed by atoms with E-state index in [2.05, 4.69) is 0 Å². The highest BCUT2D eigenvalue weighted by molar-refractivity contribution is 6.31. The van der Waals surface area contributed by atoms with Gasteiger partial charge in [-0.05, 0) is 56.7 Å². The summed E-state index contributed by atoms with van der Waals surface area (Å²) in [7, 11) is 0. The molecule has 0 radical (unpaired) electrons. The first-order chi connectivity index (χ1) is 13.3. The molecule has 3 rings (SSSR count). The number of rotatable bonds is 4. The van der Waals surface area contributed by atoms with Crippen LogP contribution in [0.3, 0.4) is 0 Å². The van der Waals surface area contributed by atoms with Crippen LogP contribution in [0.15, 0.2) is 36.4 Å². The fourth-order valence-electron chi connectivity index (χ4n) is 3.41. The van der Waals surface area contributed by atoms with Crippen LogP contribution in [0.1, 0.15) is 41.4 Å². The number of aromatic nitrogens is 1. The Kier molecular flexibility index (Phi) is 5.42. The maximum absolute atomic E-state index is 14.8. The fourth-order valence-corrected chi connectivity index (χ4v) is 3.60. The van der Waals surface area contributed by atoms with Gasteiger partial charge in [-0.15, -0.1) is 0 Å². The third-order valence-electron chi connectivity index (χ3n) is 4.68. The van der Waals surface area contributed by atoms with E-state index >= 15 is 0 Å². The minimum absolute atomic E-state index is 0.0217. The van der Waals surface area contributed by atoms with Gasteiger partial charge in [0.25, 0.3) is 5.91 Å². The van der Waals surface area contributed by atoms with Crippen LogP contribution in [-0.2, 0) is 9.53 Å². The molecular formula is C21H19ClFNO4. The van der Waals surface area contributed by atoms with Crippen molar-refractivity contribution >= 4 is 34.4 Å². The van der Waals surface area contributed by atoms with E-state index in [1.54, 1.807) is 39.0 Å². The molecule has 2 aromatic carbocycles.